The van der Waals surface area contributed by atoms with Crippen molar-refractivity contribution < 1.29 is 19.1 Å². The molecule has 0 fully saturated rings. The number of benzene rings is 2. The van der Waals surface area contributed by atoms with E-state index in [0.717, 1.165) is 5.56 Å². The summed E-state index contributed by atoms with van der Waals surface area (Å²) < 4.78 is 10.4. The van der Waals surface area contributed by atoms with Crippen LogP contribution in [0.25, 0.3) is 0 Å². The lowest BCUT2D eigenvalue weighted by Gasteiger charge is -2.15. The third-order valence-electron chi connectivity index (χ3n) is 4.07. The summed E-state index contributed by atoms with van der Waals surface area (Å²) in [4.78, 5) is 24.1. The molecule has 1 amide bonds. The normalized spacial score (nSPS) is 12.2. The van der Waals surface area contributed by atoms with Crippen molar-refractivity contribution in [3.05, 3.63) is 46.5 Å². The average Bonchev–Trinajstić information content (AvgIpc) is 2.74. The Bertz CT molecular complexity index is 867. The molecule has 0 unspecified atom stereocenters. The van der Waals surface area contributed by atoms with Gasteiger partial charge in [0.15, 0.2) is 0 Å². The third kappa shape index (κ3) is 3.75. The van der Waals surface area contributed by atoms with E-state index in [4.69, 9.17) is 21.1 Å². The zero-order valence-electron chi connectivity index (χ0n) is 14.5. The van der Waals surface area contributed by atoms with E-state index in [9.17, 15) is 9.59 Å². The molecule has 0 aromatic heterocycles. The Kier molecular flexibility index (Phi) is 5.32. The summed E-state index contributed by atoms with van der Waals surface area (Å²) in [5, 5.41) is 6.64. The number of carbonyl (C=O) groups excluding carboxylic acids is 2. The van der Waals surface area contributed by atoms with Crippen molar-refractivity contribution in [3.8, 4) is 5.75 Å². The Morgan fingerprint density at radius 3 is 2.62 bits per heavy atom. The molecule has 136 valence electrons. The number of halogens is 1. The predicted molar refractivity (Wildman–Crippen MR) is 101 cm³/mol. The molecule has 0 radical (unpaired) electrons. The van der Waals surface area contributed by atoms with Crippen molar-refractivity contribution in [2.24, 2.45) is 0 Å². The van der Waals surface area contributed by atoms with Gasteiger partial charge in [-0.25, -0.2) is 0 Å². The molecule has 1 heterocycles. The van der Waals surface area contributed by atoms with Crippen molar-refractivity contribution >= 4 is 40.5 Å². The predicted octanol–water partition coefficient (Wildman–Crippen LogP) is 4.15. The monoisotopic (exact) mass is 374 g/mol. The van der Waals surface area contributed by atoms with Crippen LogP contribution < -0.4 is 15.4 Å². The zero-order valence-corrected chi connectivity index (χ0v) is 15.3. The maximum absolute atomic E-state index is 12.5. The standard InChI is InChI=1S/C19H19ClN2O4/c1-3-26-18(23)7-4-11-8-15-16(10-17(11)25-2)21-14-9-12(20)5-6-13(14)19(24)22-15/h5-6,8-10,21H,3-4,7H2,1-2H3,(H,22,24). The van der Waals surface area contributed by atoms with Gasteiger partial charge in [0.25, 0.3) is 5.91 Å². The molecule has 2 aromatic carbocycles. The number of esters is 1. The van der Waals surface area contributed by atoms with Gasteiger partial charge in [-0.2, -0.15) is 0 Å². The fraction of sp³-hybridized carbons (Fsp3) is 0.263. The van der Waals surface area contributed by atoms with Gasteiger partial charge >= 0.3 is 5.97 Å². The highest BCUT2D eigenvalue weighted by Crippen LogP contribution is 2.38. The summed E-state index contributed by atoms with van der Waals surface area (Å²) in [5.74, 6) is 0.124. The van der Waals surface area contributed by atoms with E-state index in [-0.39, 0.29) is 18.3 Å². The lowest BCUT2D eigenvalue weighted by molar-refractivity contribution is -0.143. The van der Waals surface area contributed by atoms with Crippen LogP contribution in [0.1, 0.15) is 29.3 Å². The second-order valence-corrected chi connectivity index (χ2v) is 6.22. The van der Waals surface area contributed by atoms with E-state index < -0.39 is 0 Å². The first-order valence-corrected chi connectivity index (χ1v) is 8.64. The molecule has 26 heavy (non-hydrogen) atoms. The van der Waals surface area contributed by atoms with E-state index in [1.165, 1.54) is 0 Å². The minimum atomic E-state index is -0.270. The molecule has 3 rings (SSSR count). The van der Waals surface area contributed by atoms with Crippen LogP contribution >= 0.6 is 11.6 Å². The van der Waals surface area contributed by atoms with E-state index in [1.807, 2.05) is 6.07 Å². The van der Waals surface area contributed by atoms with E-state index >= 15 is 0 Å². The second-order valence-electron chi connectivity index (χ2n) is 5.78. The molecule has 0 spiro atoms. The molecule has 2 N–H and O–H groups in total. The van der Waals surface area contributed by atoms with Gasteiger partial charge in [-0.3, -0.25) is 9.59 Å². The molecule has 7 heteroatoms. The molecule has 0 bridgehead atoms. The molecule has 1 aliphatic rings. The van der Waals surface area contributed by atoms with Crippen LogP contribution in [0.2, 0.25) is 5.02 Å². The topological polar surface area (TPSA) is 76.7 Å². The minimum absolute atomic E-state index is 0.232. The fourth-order valence-electron chi connectivity index (χ4n) is 2.84. The number of rotatable bonds is 5. The van der Waals surface area contributed by atoms with Gasteiger partial charge in [-0.05, 0) is 43.2 Å². The maximum Gasteiger partial charge on any atom is 0.306 e. The van der Waals surface area contributed by atoms with Gasteiger partial charge < -0.3 is 20.1 Å². The minimum Gasteiger partial charge on any atom is -0.496 e. The van der Waals surface area contributed by atoms with Gasteiger partial charge in [-0.1, -0.05) is 11.6 Å². The molecule has 0 aliphatic carbocycles. The number of hydrogen-bond donors (Lipinski definition) is 2. The van der Waals surface area contributed by atoms with Gasteiger partial charge in [0.05, 0.1) is 36.3 Å². The van der Waals surface area contributed by atoms with Crippen molar-refractivity contribution in [2.75, 3.05) is 24.4 Å². The largest absolute Gasteiger partial charge is 0.496 e. The number of amides is 1. The lowest BCUT2D eigenvalue weighted by Crippen LogP contribution is -2.11. The summed E-state index contributed by atoms with van der Waals surface area (Å²) in [7, 11) is 1.57. The molecular weight excluding hydrogens is 356 g/mol. The maximum atomic E-state index is 12.5. The van der Waals surface area contributed by atoms with Crippen LogP contribution in [-0.2, 0) is 16.0 Å². The van der Waals surface area contributed by atoms with Crippen molar-refractivity contribution in [2.45, 2.75) is 19.8 Å². The fourth-order valence-corrected chi connectivity index (χ4v) is 3.01. The molecule has 0 saturated heterocycles. The number of ether oxygens (including phenoxy) is 2. The highest BCUT2D eigenvalue weighted by Gasteiger charge is 2.21. The van der Waals surface area contributed by atoms with Crippen LogP contribution in [0, 0.1) is 0 Å². The van der Waals surface area contributed by atoms with Crippen LogP contribution in [0.15, 0.2) is 30.3 Å². The van der Waals surface area contributed by atoms with E-state index in [1.54, 1.807) is 38.3 Å². The Hall–Kier alpha value is -2.73. The Balaban J connectivity index is 1.93. The van der Waals surface area contributed by atoms with Crippen LogP contribution in [0.4, 0.5) is 17.1 Å². The molecule has 6 nitrogen and oxygen atoms in total. The number of methoxy groups -OCH3 is 1. The van der Waals surface area contributed by atoms with E-state index in [0.29, 0.717) is 46.4 Å². The number of fused-ring (bicyclic) bond motifs is 2. The number of aryl methyl sites for hydroxylation is 1. The molecule has 2 aromatic rings. The van der Waals surface area contributed by atoms with Crippen molar-refractivity contribution in [3.63, 3.8) is 0 Å². The van der Waals surface area contributed by atoms with Crippen LogP contribution in [0.3, 0.4) is 0 Å². The Morgan fingerprint density at radius 2 is 1.88 bits per heavy atom. The molecule has 1 aliphatic heterocycles. The van der Waals surface area contributed by atoms with Crippen molar-refractivity contribution in [1.82, 2.24) is 0 Å². The van der Waals surface area contributed by atoms with Crippen LogP contribution in [-0.4, -0.2) is 25.6 Å². The van der Waals surface area contributed by atoms with Crippen molar-refractivity contribution in [1.29, 1.82) is 0 Å². The summed E-state index contributed by atoms with van der Waals surface area (Å²) in [5.41, 5.74) is 3.23. The first-order valence-electron chi connectivity index (χ1n) is 8.26. The molecule has 0 atom stereocenters. The second kappa shape index (κ2) is 7.66. The molecular formula is C19H19ClN2O4. The van der Waals surface area contributed by atoms with Gasteiger partial charge in [-0.15, -0.1) is 0 Å². The average molecular weight is 375 g/mol. The number of nitrogens with one attached hydrogen (secondary N) is 2. The highest BCUT2D eigenvalue weighted by atomic mass is 35.5. The Labute approximate surface area is 156 Å². The lowest BCUT2D eigenvalue weighted by atomic mass is 10.1. The smallest absolute Gasteiger partial charge is 0.306 e. The van der Waals surface area contributed by atoms with Crippen LogP contribution in [0.5, 0.6) is 5.75 Å². The first kappa shape index (κ1) is 18.1. The number of carbonyl (C=O) groups is 2. The SMILES string of the molecule is CCOC(=O)CCc1cc2c(cc1OC)Nc1cc(Cl)ccc1C(=O)N2. The van der Waals surface area contributed by atoms with Gasteiger partial charge in [0, 0.05) is 17.5 Å². The highest BCUT2D eigenvalue weighted by molar-refractivity contribution is 6.31. The third-order valence-corrected chi connectivity index (χ3v) is 4.30. The summed E-state index contributed by atoms with van der Waals surface area (Å²) >= 11 is 6.04. The Morgan fingerprint density at radius 1 is 1.12 bits per heavy atom. The summed E-state index contributed by atoms with van der Waals surface area (Å²) in [6.07, 6.45) is 0.685. The summed E-state index contributed by atoms with van der Waals surface area (Å²) in [6, 6.07) is 8.65. The zero-order chi connectivity index (χ0) is 18.7. The number of anilines is 3. The summed E-state index contributed by atoms with van der Waals surface area (Å²) in [6.45, 7) is 2.12. The van der Waals surface area contributed by atoms with Gasteiger partial charge in [0.1, 0.15) is 5.75 Å². The van der Waals surface area contributed by atoms with Gasteiger partial charge in [0.2, 0.25) is 0 Å². The molecule has 0 saturated carbocycles. The van der Waals surface area contributed by atoms with E-state index in [2.05, 4.69) is 10.6 Å². The quantitative estimate of drug-likeness (QED) is 0.769. The first-order chi connectivity index (χ1) is 12.5. The number of hydrogen-bond acceptors (Lipinski definition) is 5.